The Hall–Kier alpha value is -2.01. The van der Waals surface area contributed by atoms with Crippen LogP contribution in [0, 0.1) is 6.92 Å². The van der Waals surface area contributed by atoms with Crippen LogP contribution in [-0.4, -0.2) is 22.1 Å². The van der Waals surface area contributed by atoms with E-state index < -0.39 is 10.0 Å². The predicted molar refractivity (Wildman–Crippen MR) is 92.5 cm³/mol. The fourth-order valence-corrected chi connectivity index (χ4v) is 4.66. The fourth-order valence-electron chi connectivity index (χ4n) is 3.03. The molecule has 0 bridgehead atoms. The molecule has 2 aromatic rings. The number of hydrogen-bond acceptors (Lipinski definition) is 3. The summed E-state index contributed by atoms with van der Waals surface area (Å²) in [4.78, 5) is 0. The molecule has 0 atom stereocenters. The molecule has 2 aromatic carbocycles. The standard InChI is InChI=1S/C18H21NO3S/c1-14-5-3-6-15(11-14)13-23(20,21)19-10-4-7-16-8-9-17(22-2)12-18(16)19/h3,5-6,8-9,11-12H,4,7,10,13H2,1-2H3. The van der Waals surface area contributed by atoms with Crippen LogP contribution in [0.3, 0.4) is 0 Å². The van der Waals surface area contributed by atoms with E-state index in [1.54, 1.807) is 7.11 Å². The van der Waals surface area contributed by atoms with Gasteiger partial charge in [0, 0.05) is 12.6 Å². The van der Waals surface area contributed by atoms with E-state index >= 15 is 0 Å². The molecule has 1 aliphatic heterocycles. The number of nitrogens with zero attached hydrogens (tertiary/aromatic N) is 1. The number of benzene rings is 2. The van der Waals surface area contributed by atoms with Crippen molar-refractivity contribution in [2.45, 2.75) is 25.5 Å². The Labute approximate surface area is 137 Å². The molecule has 4 nitrogen and oxygen atoms in total. The third-order valence-electron chi connectivity index (χ3n) is 4.14. The Morgan fingerprint density at radius 1 is 1.17 bits per heavy atom. The summed E-state index contributed by atoms with van der Waals surface area (Å²) in [5, 5.41) is 0. The number of fused-ring (bicyclic) bond motifs is 1. The highest BCUT2D eigenvalue weighted by molar-refractivity contribution is 7.92. The summed E-state index contributed by atoms with van der Waals surface area (Å²) in [5.41, 5.74) is 3.70. The summed E-state index contributed by atoms with van der Waals surface area (Å²) in [6.45, 7) is 2.49. The zero-order valence-electron chi connectivity index (χ0n) is 13.5. The molecule has 1 heterocycles. The van der Waals surface area contributed by atoms with Crippen LogP contribution in [0.15, 0.2) is 42.5 Å². The number of methoxy groups -OCH3 is 1. The van der Waals surface area contributed by atoms with Crippen LogP contribution < -0.4 is 9.04 Å². The van der Waals surface area contributed by atoms with Gasteiger partial charge >= 0.3 is 0 Å². The average molecular weight is 331 g/mol. The summed E-state index contributed by atoms with van der Waals surface area (Å²) in [6.07, 6.45) is 1.74. The lowest BCUT2D eigenvalue weighted by Gasteiger charge is -2.30. The highest BCUT2D eigenvalue weighted by Crippen LogP contribution is 2.33. The van der Waals surface area contributed by atoms with Gasteiger partial charge in [0.25, 0.3) is 0 Å². The lowest BCUT2D eigenvalue weighted by atomic mass is 10.0. The van der Waals surface area contributed by atoms with Gasteiger partial charge in [-0.3, -0.25) is 4.31 Å². The second-order valence-electron chi connectivity index (χ2n) is 5.92. The van der Waals surface area contributed by atoms with Gasteiger partial charge in [-0.15, -0.1) is 0 Å². The smallest absolute Gasteiger partial charge is 0.239 e. The van der Waals surface area contributed by atoms with Crippen LogP contribution in [0.5, 0.6) is 5.75 Å². The van der Waals surface area contributed by atoms with Gasteiger partial charge in [0.1, 0.15) is 5.75 Å². The summed E-state index contributed by atoms with van der Waals surface area (Å²) >= 11 is 0. The van der Waals surface area contributed by atoms with Crippen LogP contribution in [0.25, 0.3) is 0 Å². The van der Waals surface area contributed by atoms with E-state index in [0.29, 0.717) is 12.3 Å². The van der Waals surface area contributed by atoms with E-state index in [9.17, 15) is 8.42 Å². The first-order valence-electron chi connectivity index (χ1n) is 7.72. The van der Waals surface area contributed by atoms with E-state index in [1.807, 2.05) is 49.4 Å². The van der Waals surface area contributed by atoms with Gasteiger partial charge in [-0.1, -0.05) is 35.9 Å². The maximum Gasteiger partial charge on any atom is 0.239 e. The van der Waals surface area contributed by atoms with Crippen molar-refractivity contribution in [1.82, 2.24) is 0 Å². The van der Waals surface area contributed by atoms with Gasteiger partial charge in [-0.25, -0.2) is 8.42 Å². The van der Waals surface area contributed by atoms with Crippen LogP contribution in [0.1, 0.15) is 23.1 Å². The summed E-state index contributed by atoms with van der Waals surface area (Å²) in [6, 6.07) is 13.3. The van der Waals surface area contributed by atoms with E-state index in [2.05, 4.69) is 0 Å². The van der Waals surface area contributed by atoms with Gasteiger partial charge < -0.3 is 4.74 Å². The Balaban J connectivity index is 1.95. The average Bonchev–Trinajstić information content (AvgIpc) is 2.53. The van der Waals surface area contributed by atoms with Crippen molar-refractivity contribution >= 4 is 15.7 Å². The molecule has 0 amide bonds. The second-order valence-corrected chi connectivity index (χ2v) is 7.81. The molecule has 0 radical (unpaired) electrons. The SMILES string of the molecule is COc1ccc2c(c1)N(S(=O)(=O)Cc1cccc(C)c1)CCC2. The molecule has 0 saturated carbocycles. The Bertz CT molecular complexity index is 815. The first-order valence-corrected chi connectivity index (χ1v) is 9.33. The Kier molecular flexibility index (Phi) is 4.31. The molecule has 122 valence electrons. The van der Waals surface area contributed by atoms with Gasteiger partial charge in [0.15, 0.2) is 0 Å². The fraction of sp³-hybridized carbons (Fsp3) is 0.333. The molecule has 23 heavy (non-hydrogen) atoms. The summed E-state index contributed by atoms with van der Waals surface area (Å²) in [7, 11) is -1.82. The zero-order valence-corrected chi connectivity index (χ0v) is 14.3. The molecule has 0 fully saturated rings. The van der Waals surface area contributed by atoms with E-state index in [4.69, 9.17) is 4.74 Å². The van der Waals surface area contributed by atoms with Gasteiger partial charge in [-0.2, -0.15) is 0 Å². The minimum Gasteiger partial charge on any atom is -0.497 e. The summed E-state index contributed by atoms with van der Waals surface area (Å²) in [5.74, 6) is 0.701. The quantitative estimate of drug-likeness (QED) is 0.864. The molecule has 0 N–H and O–H groups in total. The minimum atomic E-state index is -3.41. The molecule has 5 heteroatoms. The normalized spacial score (nSPS) is 14.4. The number of sulfonamides is 1. The predicted octanol–water partition coefficient (Wildman–Crippen LogP) is 3.29. The van der Waals surface area contributed by atoms with Crippen LogP contribution in [0.4, 0.5) is 5.69 Å². The highest BCUT2D eigenvalue weighted by Gasteiger charge is 2.28. The van der Waals surface area contributed by atoms with Crippen molar-refractivity contribution in [3.8, 4) is 5.75 Å². The molecule has 3 rings (SSSR count). The van der Waals surface area contributed by atoms with Crippen LogP contribution in [-0.2, 0) is 22.2 Å². The third-order valence-corrected chi connectivity index (χ3v) is 5.88. The number of rotatable bonds is 4. The number of aryl methyl sites for hydroxylation is 2. The van der Waals surface area contributed by atoms with Gasteiger partial charge in [0.2, 0.25) is 10.0 Å². The first-order chi connectivity index (χ1) is 11.0. The molecule has 0 unspecified atom stereocenters. The van der Waals surface area contributed by atoms with Crippen molar-refractivity contribution < 1.29 is 13.2 Å². The van der Waals surface area contributed by atoms with Gasteiger partial charge in [-0.05, 0) is 37.0 Å². The van der Waals surface area contributed by atoms with Crippen molar-refractivity contribution in [2.75, 3.05) is 18.0 Å². The van der Waals surface area contributed by atoms with E-state index in [-0.39, 0.29) is 5.75 Å². The lowest BCUT2D eigenvalue weighted by molar-refractivity contribution is 0.414. The summed E-state index contributed by atoms with van der Waals surface area (Å²) < 4.78 is 32.6. The minimum absolute atomic E-state index is 0.0192. The topological polar surface area (TPSA) is 46.6 Å². The highest BCUT2D eigenvalue weighted by atomic mass is 32.2. The third kappa shape index (κ3) is 3.34. The number of anilines is 1. The van der Waals surface area contributed by atoms with Crippen LogP contribution >= 0.6 is 0 Å². The first kappa shape index (κ1) is 15.9. The van der Waals surface area contributed by atoms with Crippen molar-refractivity contribution in [3.05, 3.63) is 59.2 Å². The zero-order chi connectivity index (χ0) is 16.4. The molecular formula is C18H21NO3S. The number of hydrogen-bond donors (Lipinski definition) is 0. The molecule has 0 aliphatic carbocycles. The molecule has 0 aromatic heterocycles. The maximum absolute atomic E-state index is 12.9. The van der Waals surface area contributed by atoms with Gasteiger partial charge in [0.05, 0.1) is 18.6 Å². The Morgan fingerprint density at radius 3 is 2.74 bits per heavy atom. The maximum atomic E-state index is 12.9. The molecular weight excluding hydrogens is 310 g/mol. The lowest BCUT2D eigenvalue weighted by Crippen LogP contribution is -2.36. The van der Waals surface area contributed by atoms with Crippen molar-refractivity contribution in [3.63, 3.8) is 0 Å². The van der Waals surface area contributed by atoms with E-state index in [0.717, 1.165) is 35.2 Å². The molecule has 1 aliphatic rings. The van der Waals surface area contributed by atoms with Crippen molar-refractivity contribution in [1.29, 1.82) is 0 Å². The van der Waals surface area contributed by atoms with E-state index in [1.165, 1.54) is 4.31 Å². The van der Waals surface area contributed by atoms with Crippen LogP contribution in [0.2, 0.25) is 0 Å². The molecule has 0 saturated heterocycles. The second kappa shape index (κ2) is 6.24. The largest absolute Gasteiger partial charge is 0.497 e. The number of ether oxygens (including phenoxy) is 1. The Morgan fingerprint density at radius 2 is 2.00 bits per heavy atom. The monoisotopic (exact) mass is 331 g/mol. The molecule has 0 spiro atoms. The van der Waals surface area contributed by atoms with Crippen molar-refractivity contribution in [2.24, 2.45) is 0 Å².